The maximum Gasteiger partial charge on any atom is 0.242 e. The van der Waals surface area contributed by atoms with E-state index in [1.165, 1.54) is 29.8 Å². The summed E-state index contributed by atoms with van der Waals surface area (Å²) in [6.07, 6.45) is 2.84. The minimum absolute atomic E-state index is 0.153. The molecule has 0 saturated carbocycles. The van der Waals surface area contributed by atoms with Gasteiger partial charge in [-0.1, -0.05) is 11.8 Å². The molecular formula is C13H13N3O2S2. The van der Waals surface area contributed by atoms with Gasteiger partial charge in [0.2, 0.25) is 10.0 Å². The molecule has 0 aromatic carbocycles. The molecule has 0 radical (unpaired) electrons. The maximum atomic E-state index is 12.0. The molecule has 0 amide bonds. The Morgan fingerprint density at radius 2 is 2.30 bits per heavy atom. The average molecular weight is 307 g/mol. The second kappa shape index (κ2) is 6.63. The van der Waals surface area contributed by atoms with Crippen molar-refractivity contribution in [2.75, 3.05) is 6.54 Å². The van der Waals surface area contributed by atoms with Gasteiger partial charge in [-0.3, -0.25) is 4.98 Å². The summed E-state index contributed by atoms with van der Waals surface area (Å²) in [5, 5.41) is 1.87. The van der Waals surface area contributed by atoms with E-state index in [1.54, 1.807) is 6.07 Å². The first-order valence-electron chi connectivity index (χ1n) is 5.78. The molecule has 5 nitrogen and oxygen atoms in total. The van der Waals surface area contributed by atoms with E-state index in [9.17, 15) is 8.42 Å². The highest BCUT2D eigenvalue weighted by Crippen LogP contribution is 2.15. The summed E-state index contributed by atoms with van der Waals surface area (Å²) in [6.45, 7) is 0.533. The van der Waals surface area contributed by atoms with Crippen LogP contribution < -0.4 is 10.5 Å². The van der Waals surface area contributed by atoms with Gasteiger partial charge < -0.3 is 5.73 Å². The zero-order chi connectivity index (χ0) is 14.4. The van der Waals surface area contributed by atoms with Gasteiger partial charge in [0.25, 0.3) is 0 Å². The molecule has 0 fully saturated rings. The van der Waals surface area contributed by atoms with Gasteiger partial charge >= 0.3 is 0 Å². The van der Waals surface area contributed by atoms with E-state index in [1.807, 2.05) is 11.4 Å². The highest BCUT2D eigenvalue weighted by Gasteiger charge is 2.13. The van der Waals surface area contributed by atoms with Crippen LogP contribution in [-0.2, 0) is 16.6 Å². The normalized spacial score (nSPS) is 10.8. The molecule has 20 heavy (non-hydrogen) atoms. The largest absolute Gasteiger partial charge is 0.320 e. The molecule has 3 N–H and O–H groups in total. The van der Waals surface area contributed by atoms with Crippen molar-refractivity contribution in [2.24, 2.45) is 5.73 Å². The summed E-state index contributed by atoms with van der Waals surface area (Å²) in [7, 11) is -3.53. The number of thiophene rings is 1. The van der Waals surface area contributed by atoms with Crippen molar-refractivity contribution in [3.63, 3.8) is 0 Å². The van der Waals surface area contributed by atoms with Crippen LogP contribution in [0.5, 0.6) is 0 Å². The fourth-order valence-corrected chi connectivity index (χ4v) is 3.26. The van der Waals surface area contributed by atoms with E-state index in [-0.39, 0.29) is 11.4 Å². The number of hydrogen-bond donors (Lipinski definition) is 2. The van der Waals surface area contributed by atoms with Crippen LogP contribution in [0.3, 0.4) is 0 Å². The molecule has 0 aliphatic carbocycles. The molecule has 0 bridgehead atoms. The summed E-state index contributed by atoms with van der Waals surface area (Å²) in [4.78, 5) is 4.84. The van der Waals surface area contributed by atoms with Crippen LogP contribution in [0, 0.1) is 11.8 Å². The Morgan fingerprint density at radius 3 is 3.00 bits per heavy atom. The van der Waals surface area contributed by atoms with Crippen LogP contribution in [-0.4, -0.2) is 19.9 Å². The molecule has 0 aliphatic heterocycles. The Bertz CT molecular complexity index is 728. The van der Waals surface area contributed by atoms with Crippen molar-refractivity contribution in [3.05, 3.63) is 46.4 Å². The van der Waals surface area contributed by atoms with Gasteiger partial charge in [0.05, 0.1) is 6.54 Å². The molecule has 0 saturated heterocycles. The smallest absolute Gasteiger partial charge is 0.242 e. The predicted molar refractivity (Wildman–Crippen MR) is 78.5 cm³/mol. The number of nitrogens with zero attached hydrogens (tertiary/aromatic N) is 1. The third-order valence-electron chi connectivity index (χ3n) is 2.37. The van der Waals surface area contributed by atoms with Gasteiger partial charge in [-0.2, -0.15) is 0 Å². The molecule has 2 rings (SSSR count). The van der Waals surface area contributed by atoms with Crippen LogP contribution in [0.15, 0.2) is 40.9 Å². The molecule has 2 heterocycles. The zero-order valence-corrected chi connectivity index (χ0v) is 12.2. The molecule has 104 valence electrons. The van der Waals surface area contributed by atoms with Crippen molar-refractivity contribution < 1.29 is 8.42 Å². The van der Waals surface area contributed by atoms with E-state index in [2.05, 4.69) is 21.5 Å². The predicted octanol–water partition coefficient (Wildman–Crippen LogP) is 0.932. The lowest BCUT2D eigenvalue weighted by Crippen LogP contribution is -2.22. The summed E-state index contributed by atoms with van der Waals surface area (Å²) in [5.74, 6) is 5.66. The van der Waals surface area contributed by atoms with Gasteiger partial charge in [-0.25, -0.2) is 13.1 Å². The van der Waals surface area contributed by atoms with Crippen LogP contribution in [0.1, 0.15) is 10.4 Å². The number of nitrogens with one attached hydrogen (secondary N) is 1. The van der Waals surface area contributed by atoms with Crippen molar-refractivity contribution in [2.45, 2.75) is 11.4 Å². The minimum Gasteiger partial charge on any atom is -0.320 e. The standard InChI is InChI=1S/C13H13N3O2S2/c14-5-1-3-11-7-12(19-10-11)8-16-20(17,18)13-4-2-6-15-9-13/h2,4,6-7,9-10,16H,5,8,14H2. The second-order valence-corrected chi connectivity index (χ2v) is 6.58. The molecule has 7 heteroatoms. The Balaban J connectivity index is 2.03. The number of sulfonamides is 1. The third kappa shape index (κ3) is 3.88. The molecule has 2 aromatic heterocycles. The first-order chi connectivity index (χ1) is 9.62. The Hall–Kier alpha value is -1.72. The fourth-order valence-electron chi connectivity index (χ4n) is 1.45. The van der Waals surface area contributed by atoms with Gasteiger partial charge in [0.15, 0.2) is 0 Å². The van der Waals surface area contributed by atoms with E-state index < -0.39 is 10.0 Å². The number of hydrogen-bond acceptors (Lipinski definition) is 5. The summed E-state index contributed by atoms with van der Waals surface area (Å²) >= 11 is 1.45. The SMILES string of the molecule is NCC#Cc1csc(CNS(=O)(=O)c2cccnc2)c1. The van der Waals surface area contributed by atoms with E-state index >= 15 is 0 Å². The Morgan fingerprint density at radius 1 is 1.45 bits per heavy atom. The lowest BCUT2D eigenvalue weighted by molar-refractivity contribution is 0.581. The van der Waals surface area contributed by atoms with Gasteiger partial charge in [0, 0.05) is 34.8 Å². The lowest BCUT2D eigenvalue weighted by Gasteiger charge is -2.04. The average Bonchev–Trinajstić information content (AvgIpc) is 2.92. The van der Waals surface area contributed by atoms with Crippen molar-refractivity contribution >= 4 is 21.4 Å². The second-order valence-electron chi connectivity index (χ2n) is 3.82. The summed E-state index contributed by atoms with van der Waals surface area (Å²) in [6, 6.07) is 4.93. The van der Waals surface area contributed by atoms with Crippen LogP contribution in [0.25, 0.3) is 0 Å². The van der Waals surface area contributed by atoms with Crippen molar-refractivity contribution in [3.8, 4) is 11.8 Å². The quantitative estimate of drug-likeness (QED) is 0.823. The number of rotatable bonds is 4. The highest BCUT2D eigenvalue weighted by atomic mass is 32.2. The molecule has 2 aromatic rings. The summed E-state index contributed by atoms with van der Waals surface area (Å²) in [5.41, 5.74) is 6.14. The fraction of sp³-hybridized carbons (Fsp3) is 0.154. The molecule has 0 spiro atoms. The van der Waals surface area contributed by atoms with E-state index in [0.29, 0.717) is 6.54 Å². The Labute approximate surface area is 121 Å². The van der Waals surface area contributed by atoms with Crippen LogP contribution >= 0.6 is 11.3 Å². The van der Waals surface area contributed by atoms with Gasteiger partial charge in [0.1, 0.15) is 4.90 Å². The Kier molecular flexibility index (Phi) is 4.87. The molecule has 0 aliphatic rings. The number of pyridine rings is 1. The first kappa shape index (κ1) is 14.7. The highest BCUT2D eigenvalue weighted by molar-refractivity contribution is 7.89. The number of aromatic nitrogens is 1. The number of nitrogens with two attached hydrogens (primary N) is 1. The molecule has 0 atom stereocenters. The minimum atomic E-state index is -3.53. The van der Waals surface area contributed by atoms with E-state index in [0.717, 1.165) is 10.4 Å². The molecular weight excluding hydrogens is 294 g/mol. The third-order valence-corrected chi connectivity index (χ3v) is 4.69. The molecule has 0 unspecified atom stereocenters. The summed E-state index contributed by atoms with van der Waals surface area (Å²) < 4.78 is 26.5. The van der Waals surface area contributed by atoms with E-state index in [4.69, 9.17) is 5.73 Å². The monoisotopic (exact) mass is 307 g/mol. The lowest BCUT2D eigenvalue weighted by atomic mass is 10.3. The van der Waals surface area contributed by atoms with Crippen molar-refractivity contribution in [1.82, 2.24) is 9.71 Å². The van der Waals surface area contributed by atoms with Crippen LogP contribution in [0.4, 0.5) is 0 Å². The first-order valence-corrected chi connectivity index (χ1v) is 8.14. The van der Waals surface area contributed by atoms with Crippen LogP contribution in [0.2, 0.25) is 0 Å². The zero-order valence-electron chi connectivity index (χ0n) is 10.5. The van der Waals surface area contributed by atoms with Crippen molar-refractivity contribution in [1.29, 1.82) is 0 Å². The van der Waals surface area contributed by atoms with Gasteiger partial charge in [-0.15, -0.1) is 11.3 Å². The topological polar surface area (TPSA) is 85.1 Å². The maximum absolute atomic E-state index is 12.0. The van der Waals surface area contributed by atoms with Gasteiger partial charge in [-0.05, 0) is 18.2 Å².